The van der Waals surface area contributed by atoms with E-state index in [1.165, 1.54) is 26.2 Å². The van der Waals surface area contributed by atoms with Gasteiger partial charge in [-0.15, -0.1) is 0 Å². The maximum Gasteiger partial charge on any atom is 0.265 e. The fourth-order valence-electron chi connectivity index (χ4n) is 1.90. The molecule has 0 aliphatic rings. The van der Waals surface area contributed by atoms with Crippen molar-refractivity contribution in [3.8, 4) is 5.75 Å². The number of anilines is 2. The van der Waals surface area contributed by atoms with Crippen molar-refractivity contribution < 1.29 is 17.9 Å². The molecule has 0 saturated heterocycles. The van der Waals surface area contributed by atoms with E-state index in [1.54, 1.807) is 30.3 Å². The molecule has 0 atom stereocenters. The van der Waals surface area contributed by atoms with Gasteiger partial charge >= 0.3 is 0 Å². The first-order valence-electron chi connectivity index (χ1n) is 6.56. The summed E-state index contributed by atoms with van der Waals surface area (Å²) < 4.78 is 32.5. The number of nitrogens with one attached hydrogen (secondary N) is 2. The lowest BCUT2D eigenvalue weighted by Gasteiger charge is -2.12. The fourth-order valence-corrected chi connectivity index (χ4v) is 3.39. The molecular formula is C15H15ClN2O4S. The number of amides is 1. The number of sulfonamides is 1. The van der Waals surface area contributed by atoms with Crippen LogP contribution < -0.4 is 14.8 Å². The predicted molar refractivity (Wildman–Crippen MR) is 89.6 cm³/mol. The molecular weight excluding hydrogens is 340 g/mol. The van der Waals surface area contributed by atoms with E-state index in [0.717, 1.165) is 0 Å². The Labute approximate surface area is 139 Å². The number of carbonyl (C=O) groups is 1. The first kappa shape index (κ1) is 17.1. The summed E-state index contributed by atoms with van der Waals surface area (Å²) in [5.41, 5.74) is 0.918. The first-order valence-corrected chi connectivity index (χ1v) is 8.42. The highest BCUT2D eigenvalue weighted by molar-refractivity contribution is 7.92. The molecule has 0 saturated carbocycles. The van der Waals surface area contributed by atoms with Crippen LogP contribution in [0.15, 0.2) is 47.4 Å². The third-order valence-corrected chi connectivity index (χ3v) is 4.51. The maximum absolute atomic E-state index is 12.5. The smallest absolute Gasteiger partial charge is 0.265 e. The number of benzene rings is 2. The Morgan fingerprint density at radius 1 is 1.09 bits per heavy atom. The van der Waals surface area contributed by atoms with Crippen molar-refractivity contribution in [1.82, 2.24) is 0 Å². The first-order chi connectivity index (χ1) is 10.8. The average Bonchev–Trinajstić information content (AvgIpc) is 2.48. The zero-order valence-electron chi connectivity index (χ0n) is 12.5. The van der Waals surface area contributed by atoms with Gasteiger partial charge in [-0.25, -0.2) is 8.42 Å². The van der Waals surface area contributed by atoms with Crippen molar-refractivity contribution in [2.45, 2.75) is 11.8 Å². The van der Waals surface area contributed by atoms with Gasteiger partial charge in [-0.2, -0.15) is 0 Å². The number of hydrogen-bond donors (Lipinski definition) is 2. The highest BCUT2D eigenvalue weighted by atomic mass is 35.5. The number of hydrogen-bond acceptors (Lipinski definition) is 4. The van der Waals surface area contributed by atoms with E-state index >= 15 is 0 Å². The molecule has 23 heavy (non-hydrogen) atoms. The molecule has 0 unspecified atom stereocenters. The fraction of sp³-hybridized carbons (Fsp3) is 0.133. The zero-order valence-corrected chi connectivity index (χ0v) is 14.0. The van der Waals surface area contributed by atoms with Crippen LogP contribution in [0.4, 0.5) is 11.4 Å². The molecule has 0 fully saturated rings. The summed E-state index contributed by atoms with van der Waals surface area (Å²) in [6, 6.07) is 10.6. The average molecular weight is 355 g/mol. The molecule has 0 spiro atoms. The standard InChI is InChI=1S/C15H15ClN2O4S/c1-10(19)17-12-4-6-13(7-5-12)18-23(20,21)15-9-11(16)3-8-14(15)22-2/h3-9,18H,1-2H3,(H,17,19). The van der Waals surface area contributed by atoms with E-state index < -0.39 is 10.0 Å². The Kier molecular flexibility index (Phi) is 5.12. The van der Waals surface area contributed by atoms with Crippen LogP contribution in [0.2, 0.25) is 5.02 Å². The second-order valence-corrected chi connectivity index (χ2v) is 6.75. The van der Waals surface area contributed by atoms with E-state index in [4.69, 9.17) is 16.3 Å². The minimum atomic E-state index is -3.86. The largest absolute Gasteiger partial charge is 0.495 e. The van der Waals surface area contributed by atoms with Crippen molar-refractivity contribution in [2.75, 3.05) is 17.1 Å². The molecule has 0 radical (unpaired) electrons. The summed E-state index contributed by atoms with van der Waals surface area (Å²) in [7, 11) is -2.48. The minimum Gasteiger partial charge on any atom is -0.495 e. The molecule has 2 N–H and O–H groups in total. The SMILES string of the molecule is COc1ccc(Cl)cc1S(=O)(=O)Nc1ccc(NC(C)=O)cc1. The molecule has 1 amide bonds. The third kappa shape index (κ3) is 4.37. The molecule has 0 bridgehead atoms. The van der Waals surface area contributed by atoms with Crippen molar-refractivity contribution in [3.05, 3.63) is 47.5 Å². The molecule has 0 heterocycles. The summed E-state index contributed by atoms with van der Waals surface area (Å²) in [6.07, 6.45) is 0. The van der Waals surface area contributed by atoms with Gasteiger partial charge in [-0.05, 0) is 42.5 Å². The molecule has 6 nitrogen and oxygen atoms in total. The Morgan fingerprint density at radius 3 is 2.26 bits per heavy atom. The molecule has 0 aliphatic carbocycles. The lowest BCUT2D eigenvalue weighted by atomic mass is 10.3. The molecule has 8 heteroatoms. The van der Waals surface area contributed by atoms with Crippen LogP contribution in [0, 0.1) is 0 Å². The molecule has 0 aliphatic heterocycles. The third-order valence-electron chi connectivity index (χ3n) is 2.87. The van der Waals surface area contributed by atoms with Crippen LogP contribution in [0.1, 0.15) is 6.92 Å². The Balaban J connectivity index is 2.28. The van der Waals surface area contributed by atoms with Crippen LogP contribution >= 0.6 is 11.6 Å². The number of halogens is 1. The Morgan fingerprint density at radius 2 is 1.70 bits per heavy atom. The van der Waals surface area contributed by atoms with Crippen molar-refractivity contribution in [3.63, 3.8) is 0 Å². The monoisotopic (exact) mass is 354 g/mol. The zero-order chi connectivity index (χ0) is 17.0. The lowest BCUT2D eigenvalue weighted by molar-refractivity contribution is -0.114. The van der Waals surface area contributed by atoms with E-state index in [-0.39, 0.29) is 21.6 Å². The van der Waals surface area contributed by atoms with E-state index in [1.807, 2.05) is 0 Å². The molecule has 2 rings (SSSR count). The summed E-state index contributed by atoms with van der Waals surface area (Å²) in [5, 5.41) is 2.88. The minimum absolute atomic E-state index is 0.0570. The lowest BCUT2D eigenvalue weighted by Crippen LogP contribution is -2.14. The highest BCUT2D eigenvalue weighted by Crippen LogP contribution is 2.28. The van der Waals surface area contributed by atoms with Crippen molar-refractivity contribution in [2.24, 2.45) is 0 Å². The second-order valence-electron chi connectivity index (χ2n) is 4.66. The van der Waals surface area contributed by atoms with Crippen molar-refractivity contribution in [1.29, 1.82) is 0 Å². The Hall–Kier alpha value is -2.25. The maximum atomic E-state index is 12.5. The quantitative estimate of drug-likeness (QED) is 0.864. The number of ether oxygens (including phenoxy) is 1. The van der Waals surface area contributed by atoms with Gasteiger partial charge in [-0.3, -0.25) is 9.52 Å². The summed E-state index contributed by atoms with van der Waals surface area (Å²) >= 11 is 5.86. The van der Waals surface area contributed by atoms with Crippen LogP contribution in [0.3, 0.4) is 0 Å². The number of methoxy groups -OCH3 is 1. The van der Waals surface area contributed by atoms with Gasteiger partial charge in [0.25, 0.3) is 10.0 Å². The van der Waals surface area contributed by atoms with Gasteiger partial charge in [-0.1, -0.05) is 11.6 Å². The Bertz CT molecular complexity index is 820. The van der Waals surface area contributed by atoms with Gasteiger partial charge in [0.2, 0.25) is 5.91 Å². The normalized spacial score (nSPS) is 10.9. The van der Waals surface area contributed by atoms with Gasteiger partial charge < -0.3 is 10.1 Å². The van der Waals surface area contributed by atoms with Crippen LogP contribution in [-0.4, -0.2) is 21.4 Å². The number of carbonyl (C=O) groups excluding carboxylic acids is 1. The van der Waals surface area contributed by atoms with E-state index in [2.05, 4.69) is 10.0 Å². The van der Waals surface area contributed by atoms with Gasteiger partial charge in [0.1, 0.15) is 10.6 Å². The number of rotatable bonds is 5. The summed E-state index contributed by atoms with van der Waals surface area (Å²) in [5.74, 6) is -0.0150. The van der Waals surface area contributed by atoms with Crippen molar-refractivity contribution >= 4 is 38.9 Å². The van der Waals surface area contributed by atoms with Gasteiger partial charge in [0.05, 0.1) is 7.11 Å². The van der Waals surface area contributed by atoms with Crippen LogP contribution in [0.5, 0.6) is 5.75 Å². The molecule has 2 aromatic rings. The second kappa shape index (κ2) is 6.89. The van der Waals surface area contributed by atoms with Crippen LogP contribution in [-0.2, 0) is 14.8 Å². The topological polar surface area (TPSA) is 84.5 Å². The van der Waals surface area contributed by atoms with Crippen LogP contribution in [0.25, 0.3) is 0 Å². The summed E-state index contributed by atoms with van der Waals surface area (Å²) in [6.45, 7) is 1.39. The van der Waals surface area contributed by atoms with E-state index in [9.17, 15) is 13.2 Å². The molecule has 0 aromatic heterocycles. The van der Waals surface area contributed by atoms with Gasteiger partial charge in [0, 0.05) is 23.3 Å². The highest BCUT2D eigenvalue weighted by Gasteiger charge is 2.20. The molecule has 122 valence electrons. The predicted octanol–water partition coefficient (Wildman–Crippen LogP) is 3.11. The molecule has 2 aromatic carbocycles. The van der Waals surface area contributed by atoms with E-state index in [0.29, 0.717) is 11.4 Å². The van der Waals surface area contributed by atoms with Gasteiger partial charge in [0.15, 0.2) is 0 Å². The summed E-state index contributed by atoms with van der Waals surface area (Å²) in [4.78, 5) is 10.9.